The van der Waals surface area contributed by atoms with Crippen molar-refractivity contribution in [1.82, 2.24) is 10.6 Å². The molecule has 2 N–H and O–H groups in total. The summed E-state index contributed by atoms with van der Waals surface area (Å²) in [6, 6.07) is 30.4. The molecule has 0 bridgehead atoms. The van der Waals surface area contributed by atoms with E-state index in [1.807, 2.05) is 66.7 Å². The molecule has 1 aliphatic rings. The van der Waals surface area contributed by atoms with Crippen molar-refractivity contribution in [3.8, 4) is 0 Å². The molecule has 4 rings (SSSR count). The van der Waals surface area contributed by atoms with Gasteiger partial charge in [0.1, 0.15) is 0 Å². The van der Waals surface area contributed by atoms with Crippen molar-refractivity contribution in [2.75, 3.05) is 24.5 Å². The lowest BCUT2D eigenvalue weighted by atomic mass is 9.99. The second-order valence-corrected chi connectivity index (χ2v) is 7.55. The highest BCUT2D eigenvalue weighted by Gasteiger charge is 2.23. The van der Waals surface area contributed by atoms with Crippen molar-refractivity contribution < 1.29 is 4.79 Å². The fraction of sp³-hybridized carbons (Fsp3) is 0.240. The maximum Gasteiger partial charge on any atom is 0.315 e. The van der Waals surface area contributed by atoms with Crippen molar-refractivity contribution in [3.05, 3.63) is 102 Å². The van der Waals surface area contributed by atoms with Crippen LogP contribution in [0, 0.1) is 5.92 Å². The van der Waals surface area contributed by atoms with Gasteiger partial charge in [-0.2, -0.15) is 0 Å². The van der Waals surface area contributed by atoms with Crippen molar-refractivity contribution >= 4 is 11.7 Å². The summed E-state index contributed by atoms with van der Waals surface area (Å²) in [4.78, 5) is 15.1. The van der Waals surface area contributed by atoms with E-state index in [1.165, 1.54) is 5.69 Å². The molecule has 0 radical (unpaired) electrons. The molecule has 1 unspecified atom stereocenters. The molecular formula is C25H27N3O. The molecule has 3 aromatic rings. The van der Waals surface area contributed by atoms with E-state index in [0.29, 0.717) is 12.5 Å². The van der Waals surface area contributed by atoms with Crippen LogP contribution in [0.3, 0.4) is 0 Å². The minimum Gasteiger partial charge on any atom is -0.371 e. The van der Waals surface area contributed by atoms with Gasteiger partial charge < -0.3 is 15.5 Å². The molecule has 1 atom stereocenters. The maximum atomic E-state index is 12.7. The third-order valence-corrected chi connectivity index (χ3v) is 5.50. The summed E-state index contributed by atoms with van der Waals surface area (Å²) in [7, 11) is 0. The Morgan fingerprint density at radius 1 is 0.862 bits per heavy atom. The van der Waals surface area contributed by atoms with Crippen LogP contribution in [0.4, 0.5) is 10.5 Å². The lowest BCUT2D eigenvalue weighted by Crippen LogP contribution is -2.41. The Kier molecular flexibility index (Phi) is 6.10. The average molecular weight is 386 g/mol. The zero-order valence-corrected chi connectivity index (χ0v) is 16.5. The van der Waals surface area contributed by atoms with E-state index in [1.54, 1.807) is 0 Å². The molecule has 1 fully saturated rings. The van der Waals surface area contributed by atoms with Gasteiger partial charge in [0, 0.05) is 25.3 Å². The van der Waals surface area contributed by atoms with Gasteiger partial charge in [-0.15, -0.1) is 0 Å². The van der Waals surface area contributed by atoms with E-state index in [4.69, 9.17) is 0 Å². The summed E-state index contributed by atoms with van der Waals surface area (Å²) < 4.78 is 0. The largest absolute Gasteiger partial charge is 0.371 e. The number of hydrogen-bond acceptors (Lipinski definition) is 2. The first-order valence-corrected chi connectivity index (χ1v) is 10.2. The molecule has 0 saturated carbocycles. The number of nitrogens with zero attached hydrogens (tertiary/aromatic N) is 1. The van der Waals surface area contributed by atoms with Gasteiger partial charge in [0.2, 0.25) is 0 Å². The quantitative estimate of drug-likeness (QED) is 0.651. The number of benzene rings is 3. The molecule has 0 aliphatic carbocycles. The van der Waals surface area contributed by atoms with Crippen molar-refractivity contribution in [2.45, 2.75) is 12.5 Å². The molecule has 148 valence electrons. The van der Waals surface area contributed by atoms with Crippen LogP contribution in [0.25, 0.3) is 0 Å². The van der Waals surface area contributed by atoms with Gasteiger partial charge in [-0.1, -0.05) is 78.9 Å². The van der Waals surface area contributed by atoms with Crippen LogP contribution < -0.4 is 15.5 Å². The number of hydrogen-bond donors (Lipinski definition) is 2. The highest BCUT2D eigenvalue weighted by molar-refractivity contribution is 5.75. The average Bonchev–Trinajstić information content (AvgIpc) is 3.27. The normalized spacial score (nSPS) is 16.0. The van der Waals surface area contributed by atoms with Crippen LogP contribution in [0.1, 0.15) is 23.6 Å². The molecule has 0 aromatic heterocycles. The first-order chi connectivity index (χ1) is 14.3. The first-order valence-electron chi connectivity index (χ1n) is 10.2. The minimum atomic E-state index is -0.165. The molecular weight excluding hydrogens is 358 g/mol. The van der Waals surface area contributed by atoms with Crippen molar-refractivity contribution in [3.63, 3.8) is 0 Å². The van der Waals surface area contributed by atoms with Crippen LogP contribution in [0.15, 0.2) is 91.0 Å². The Morgan fingerprint density at radius 3 is 2.00 bits per heavy atom. The van der Waals surface area contributed by atoms with Gasteiger partial charge in [-0.25, -0.2) is 4.79 Å². The summed E-state index contributed by atoms with van der Waals surface area (Å²) in [5, 5.41) is 6.24. The van der Waals surface area contributed by atoms with Crippen LogP contribution in [0.5, 0.6) is 0 Å². The maximum absolute atomic E-state index is 12.7. The predicted molar refractivity (Wildman–Crippen MR) is 118 cm³/mol. The van der Waals surface area contributed by atoms with Crippen molar-refractivity contribution in [1.29, 1.82) is 0 Å². The predicted octanol–water partition coefficient (Wildman–Crippen LogP) is 4.60. The fourth-order valence-electron chi connectivity index (χ4n) is 3.94. The van der Waals surface area contributed by atoms with Crippen LogP contribution in [-0.2, 0) is 0 Å². The Labute approximate surface area is 172 Å². The number of carbonyl (C=O) groups is 1. The van der Waals surface area contributed by atoms with E-state index in [9.17, 15) is 4.79 Å². The Bertz CT molecular complexity index is 860. The van der Waals surface area contributed by atoms with E-state index in [0.717, 1.165) is 30.6 Å². The van der Waals surface area contributed by atoms with Crippen molar-refractivity contribution in [2.24, 2.45) is 5.92 Å². The summed E-state index contributed by atoms with van der Waals surface area (Å²) in [6.07, 6.45) is 1.09. The Morgan fingerprint density at radius 2 is 1.41 bits per heavy atom. The number of nitrogens with one attached hydrogen (secondary N) is 2. The van der Waals surface area contributed by atoms with E-state index >= 15 is 0 Å². The van der Waals surface area contributed by atoms with Crippen LogP contribution in [-0.4, -0.2) is 25.7 Å². The zero-order valence-electron chi connectivity index (χ0n) is 16.5. The lowest BCUT2D eigenvalue weighted by Gasteiger charge is -2.21. The second kappa shape index (κ2) is 9.28. The standard InChI is InChI=1S/C25H27N3O/c29-25(26-18-20-16-17-28(19-20)23-14-8-3-9-15-23)27-24(21-10-4-1-5-11-21)22-12-6-2-7-13-22/h1-15,20,24H,16-19H2,(H2,26,27,29). The Hall–Kier alpha value is -3.27. The smallest absolute Gasteiger partial charge is 0.315 e. The molecule has 0 spiro atoms. The number of anilines is 1. The highest BCUT2D eigenvalue weighted by Crippen LogP contribution is 2.24. The van der Waals surface area contributed by atoms with Gasteiger partial charge in [-0.3, -0.25) is 0 Å². The molecule has 1 aliphatic heterocycles. The Balaban J connectivity index is 1.34. The summed E-state index contributed by atoms with van der Waals surface area (Å²) in [5.41, 5.74) is 3.41. The molecule has 29 heavy (non-hydrogen) atoms. The fourth-order valence-corrected chi connectivity index (χ4v) is 3.94. The summed E-state index contributed by atoms with van der Waals surface area (Å²) in [6.45, 7) is 2.70. The minimum absolute atomic E-state index is 0.124. The highest BCUT2D eigenvalue weighted by atomic mass is 16.2. The summed E-state index contributed by atoms with van der Waals surface area (Å²) >= 11 is 0. The second-order valence-electron chi connectivity index (χ2n) is 7.55. The number of para-hydroxylation sites is 1. The van der Waals surface area contributed by atoms with E-state index in [2.05, 4.69) is 39.8 Å². The molecule has 1 heterocycles. The number of amides is 2. The molecule has 3 aromatic carbocycles. The number of carbonyl (C=O) groups excluding carboxylic acids is 1. The number of rotatable bonds is 6. The first kappa shape index (κ1) is 19.1. The lowest BCUT2D eigenvalue weighted by molar-refractivity contribution is 0.237. The van der Waals surface area contributed by atoms with Gasteiger partial charge in [0.25, 0.3) is 0 Å². The third kappa shape index (κ3) is 4.96. The van der Waals surface area contributed by atoms with E-state index in [-0.39, 0.29) is 12.1 Å². The van der Waals surface area contributed by atoms with E-state index < -0.39 is 0 Å². The molecule has 2 amide bonds. The molecule has 4 heteroatoms. The molecule has 4 nitrogen and oxygen atoms in total. The SMILES string of the molecule is O=C(NCC1CCN(c2ccccc2)C1)NC(c1ccccc1)c1ccccc1. The van der Waals surface area contributed by atoms with Crippen LogP contribution >= 0.6 is 0 Å². The van der Waals surface area contributed by atoms with Crippen LogP contribution in [0.2, 0.25) is 0 Å². The molecule has 1 saturated heterocycles. The number of urea groups is 1. The van der Waals surface area contributed by atoms with Gasteiger partial charge >= 0.3 is 6.03 Å². The third-order valence-electron chi connectivity index (χ3n) is 5.50. The van der Waals surface area contributed by atoms with Gasteiger partial charge in [-0.05, 0) is 35.6 Å². The zero-order chi connectivity index (χ0) is 19.9. The van der Waals surface area contributed by atoms with Gasteiger partial charge in [0.15, 0.2) is 0 Å². The monoisotopic (exact) mass is 385 g/mol. The summed E-state index contributed by atoms with van der Waals surface area (Å²) in [5.74, 6) is 0.466. The topological polar surface area (TPSA) is 44.4 Å². The van der Waals surface area contributed by atoms with Gasteiger partial charge in [0.05, 0.1) is 6.04 Å².